The van der Waals surface area contributed by atoms with Gasteiger partial charge in [-0.2, -0.15) is 11.3 Å². The molecule has 0 saturated carbocycles. The van der Waals surface area contributed by atoms with Crippen LogP contribution in [0.5, 0.6) is 0 Å². The van der Waals surface area contributed by atoms with E-state index in [4.69, 9.17) is 0 Å². The van der Waals surface area contributed by atoms with Gasteiger partial charge in [0.2, 0.25) is 5.91 Å². The molecule has 20 heavy (non-hydrogen) atoms. The van der Waals surface area contributed by atoms with Crippen LogP contribution in [0.3, 0.4) is 0 Å². The largest absolute Gasteiger partial charge is 0.353 e. The van der Waals surface area contributed by atoms with Crippen molar-refractivity contribution in [1.82, 2.24) is 10.6 Å². The first-order valence-electron chi connectivity index (χ1n) is 7.53. The highest BCUT2D eigenvalue weighted by Gasteiger charge is 2.37. The Morgan fingerprint density at radius 3 is 3.00 bits per heavy atom. The van der Waals surface area contributed by atoms with Crippen LogP contribution in [-0.4, -0.2) is 25.0 Å². The van der Waals surface area contributed by atoms with E-state index < -0.39 is 0 Å². The first-order chi connectivity index (χ1) is 9.50. The van der Waals surface area contributed by atoms with Crippen LogP contribution in [0.15, 0.2) is 16.8 Å². The van der Waals surface area contributed by atoms with Crippen molar-refractivity contribution in [2.45, 2.75) is 46.1 Å². The number of nitrogens with one attached hydrogen (secondary N) is 2. The number of hydrogen-bond acceptors (Lipinski definition) is 3. The molecule has 3 nitrogen and oxygen atoms in total. The van der Waals surface area contributed by atoms with E-state index in [-0.39, 0.29) is 17.4 Å². The molecule has 1 amide bonds. The van der Waals surface area contributed by atoms with E-state index in [2.05, 4.69) is 48.2 Å². The Morgan fingerprint density at radius 1 is 1.60 bits per heavy atom. The Bertz CT molecular complexity index is 422. The molecule has 2 N–H and O–H groups in total. The van der Waals surface area contributed by atoms with Crippen molar-refractivity contribution in [3.63, 3.8) is 0 Å². The smallest absolute Gasteiger partial charge is 0.226 e. The van der Waals surface area contributed by atoms with Gasteiger partial charge in [0.15, 0.2) is 0 Å². The second-order valence-electron chi connectivity index (χ2n) is 6.48. The molecule has 112 valence electrons. The third-order valence-corrected chi connectivity index (χ3v) is 5.13. The van der Waals surface area contributed by atoms with Gasteiger partial charge in [0, 0.05) is 11.5 Å². The Morgan fingerprint density at radius 2 is 2.40 bits per heavy atom. The van der Waals surface area contributed by atoms with Gasteiger partial charge in [-0.15, -0.1) is 0 Å². The summed E-state index contributed by atoms with van der Waals surface area (Å²) in [4.78, 5) is 12.6. The molecule has 0 spiro atoms. The lowest BCUT2D eigenvalue weighted by Crippen LogP contribution is -2.49. The molecule has 1 fully saturated rings. The molecule has 1 saturated heterocycles. The van der Waals surface area contributed by atoms with Gasteiger partial charge in [0.05, 0.1) is 0 Å². The van der Waals surface area contributed by atoms with Gasteiger partial charge >= 0.3 is 0 Å². The van der Waals surface area contributed by atoms with Gasteiger partial charge in [-0.1, -0.05) is 13.8 Å². The number of carbonyl (C=O) groups is 1. The van der Waals surface area contributed by atoms with Crippen LogP contribution in [0.4, 0.5) is 0 Å². The van der Waals surface area contributed by atoms with Crippen molar-refractivity contribution in [2.24, 2.45) is 11.3 Å². The molecule has 1 aliphatic rings. The number of amides is 1. The minimum atomic E-state index is -0.295. The molecule has 2 heterocycles. The third-order valence-electron chi connectivity index (χ3n) is 4.40. The fourth-order valence-corrected chi connectivity index (χ4v) is 3.56. The van der Waals surface area contributed by atoms with Gasteiger partial charge in [-0.25, -0.2) is 0 Å². The van der Waals surface area contributed by atoms with E-state index in [0.717, 1.165) is 25.9 Å². The maximum atomic E-state index is 12.6. The normalized spacial score (nSPS) is 21.4. The quantitative estimate of drug-likeness (QED) is 0.877. The number of hydrogen-bond donors (Lipinski definition) is 2. The zero-order valence-electron chi connectivity index (χ0n) is 12.7. The molecular weight excluding hydrogens is 268 g/mol. The summed E-state index contributed by atoms with van der Waals surface area (Å²) in [6.45, 7) is 8.29. The molecular formula is C16H26N2OS. The Hall–Kier alpha value is -0.870. The predicted octanol–water partition coefficient (Wildman–Crippen LogP) is 2.82. The van der Waals surface area contributed by atoms with E-state index in [1.807, 2.05) is 0 Å². The Kier molecular flexibility index (Phi) is 5.22. The fraction of sp³-hybridized carbons (Fsp3) is 0.688. The lowest BCUT2D eigenvalue weighted by Gasteiger charge is -2.36. The molecule has 2 unspecified atom stereocenters. The third kappa shape index (κ3) is 3.83. The molecule has 1 aliphatic heterocycles. The van der Waals surface area contributed by atoms with Crippen molar-refractivity contribution in [3.05, 3.63) is 22.4 Å². The lowest BCUT2D eigenvalue weighted by molar-refractivity contribution is -0.133. The standard InChI is InChI=1S/C16H26N2OS/c1-12(9-13-6-8-20-11-13)18-15(19)16(2,3)14-5-4-7-17-10-14/h6,8,11-12,14,17H,4-5,7,9-10H2,1-3H3,(H,18,19). The van der Waals surface area contributed by atoms with Crippen molar-refractivity contribution in [3.8, 4) is 0 Å². The summed E-state index contributed by atoms with van der Waals surface area (Å²) >= 11 is 1.71. The summed E-state index contributed by atoms with van der Waals surface area (Å²) in [5, 5.41) is 10.8. The average Bonchev–Trinajstić information content (AvgIpc) is 2.92. The number of piperidine rings is 1. The minimum absolute atomic E-state index is 0.188. The van der Waals surface area contributed by atoms with Gasteiger partial charge in [0.25, 0.3) is 0 Å². The molecule has 1 aromatic heterocycles. The highest BCUT2D eigenvalue weighted by molar-refractivity contribution is 7.07. The summed E-state index contributed by atoms with van der Waals surface area (Å²) in [5.74, 6) is 0.624. The lowest BCUT2D eigenvalue weighted by atomic mass is 9.74. The van der Waals surface area contributed by atoms with Crippen LogP contribution < -0.4 is 10.6 Å². The van der Waals surface area contributed by atoms with Crippen LogP contribution in [0, 0.1) is 11.3 Å². The SMILES string of the molecule is CC(Cc1ccsc1)NC(=O)C(C)(C)C1CCCNC1. The zero-order chi connectivity index (χ0) is 14.6. The summed E-state index contributed by atoms with van der Waals surface area (Å²) in [5.41, 5.74) is 1.01. The van der Waals surface area contributed by atoms with Gasteiger partial charge in [-0.3, -0.25) is 4.79 Å². The first kappa shape index (κ1) is 15.5. The van der Waals surface area contributed by atoms with Crippen LogP contribution in [-0.2, 0) is 11.2 Å². The van der Waals surface area contributed by atoms with E-state index in [0.29, 0.717) is 5.92 Å². The van der Waals surface area contributed by atoms with E-state index >= 15 is 0 Å². The van der Waals surface area contributed by atoms with Crippen LogP contribution in [0.1, 0.15) is 39.2 Å². The monoisotopic (exact) mass is 294 g/mol. The first-order valence-corrected chi connectivity index (χ1v) is 8.47. The summed E-state index contributed by atoms with van der Waals surface area (Å²) in [6, 6.07) is 2.32. The molecule has 0 aromatic carbocycles. The average molecular weight is 294 g/mol. The number of thiophene rings is 1. The Labute approximate surface area is 126 Å². The van der Waals surface area contributed by atoms with Gasteiger partial charge < -0.3 is 10.6 Å². The summed E-state index contributed by atoms with van der Waals surface area (Å²) in [6.07, 6.45) is 3.23. The number of carbonyl (C=O) groups excluding carboxylic acids is 1. The van der Waals surface area contributed by atoms with Crippen molar-refractivity contribution < 1.29 is 4.79 Å². The van der Waals surface area contributed by atoms with Gasteiger partial charge in [-0.05, 0) is 67.6 Å². The second kappa shape index (κ2) is 6.72. The van der Waals surface area contributed by atoms with Crippen LogP contribution in [0.2, 0.25) is 0 Å². The molecule has 4 heteroatoms. The fourth-order valence-electron chi connectivity index (χ4n) is 2.88. The molecule has 2 atom stereocenters. The van der Waals surface area contributed by atoms with Crippen LogP contribution in [0.25, 0.3) is 0 Å². The molecule has 0 radical (unpaired) electrons. The molecule has 1 aromatic rings. The van der Waals surface area contributed by atoms with E-state index in [9.17, 15) is 4.79 Å². The highest BCUT2D eigenvalue weighted by Crippen LogP contribution is 2.32. The highest BCUT2D eigenvalue weighted by atomic mass is 32.1. The maximum Gasteiger partial charge on any atom is 0.226 e. The molecule has 0 bridgehead atoms. The maximum absolute atomic E-state index is 12.6. The van der Waals surface area contributed by atoms with Crippen molar-refractivity contribution in [2.75, 3.05) is 13.1 Å². The van der Waals surface area contributed by atoms with Gasteiger partial charge in [0.1, 0.15) is 0 Å². The summed E-state index contributed by atoms with van der Waals surface area (Å²) < 4.78 is 0. The van der Waals surface area contributed by atoms with Crippen molar-refractivity contribution in [1.29, 1.82) is 0 Å². The van der Waals surface area contributed by atoms with E-state index in [1.165, 1.54) is 12.0 Å². The predicted molar refractivity (Wildman–Crippen MR) is 85.0 cm³/mol. The molecule has 2 rings (SSSR count). The molecule has 0 aliphatic carbocycles. The Balaban J connectivity index is 1.89. The van der Waals surface area contributed by atoms with E-state index in [1.54, 1.807) is 11.3 Å². The minimum Gasteiger partial charge on any atom is -0.353 e. The summed E-state index contributed by atoms with van der Waals surface area (Å²) in [7, 11) is 0. The number of rotatable bonds is 5. The zero-order valence-corrected chi connectivity index (χ0v) is 13.6. The van der Waals surface area contributed by atoms with Crippen LogP contribution >= 0.6 is 11.3 Å². The van der Waals surface area contributed by atoms with Crippen molar-refractivity contribution >= 4 is 17.2 Å². The topological polar surface area (TPSA) is 41.1 Å². The second-order valence-corrected chi connectivity index (χ2v) is 7.26.